The molecule has 0 bridgehead atoms. The molecule has 1 amide bonds. The molecule has 7 nitrogen and oxygen atoms in total. The lowest BCUT2D eigenvalue weighted by Crippen LogP contribution is -2.25. The fourth-order valence-electron chi connectivity index (χ4n) is 0.654. The van der Waals surface area contributed by atoms with E-state index in [4.69, 9.17) is 0 Å². The van der Waals surface area contributed by atoms with Gasteiger partial charge in [-0.25, -0.2) is 4.79 Å². The zero-order valence-electron chi connectivity index (χ0n) is 5.01. The molecule has 0 fully saturated rings. The summed E-state index contributed by atoms with van der Waals surface area (Å²) >= 11 is 0. The normalized spacial score (nSPS) is 20.7. The molecule has 2 heterocycles. The third-order valence-corrected chi connectivity index (χ3v) is 1.12. The molecule has 7 heteroatoms. The summed E-state index contributed by atoms with van der Waals surface area (Å²) < 4.78 is 0. The van der Waals surface area contributed by atoms with Crippen LogP contribution in [0.5, 0.6) is 0 Å². The predicted molar refractivity (Wildman–Crippen MR) is 30.8 cm³/mol. The summed E-state index contributed by atoms with van der Waals surface area (Å²) in [5.41, 5.74) is -0.352. The van der Waals surface area contributed by atoms with Gasteiger partial charge in [0.15, 0.2) is 0 Å². The number of hydrogen-bond acceptors (Lipinski definition) is 6. The summed E-state index contributed by atoms with van der Waals surface area (Å²) in [6.45, 7) is 0. The third-order valence-electron chi connectivity index (χ3n) is 1.12. The molecule has 2 rings (SSSR count). The number of oxime groups is 1. The van der Waals surface area contributed by atoms with Gasteiger partial charge in [0.05, 0.1) is 0 Å². The van der Waals surface area contributed by atoms with Crippen LogP contribution in [0.3, 0.4) is 0 Å². The van der Waals surface area contributed by atoms with Gasteiger partial charge in [-0.1, -0.05) is 10.3 Å². The van der Waals surface area contributed by atoms with Gasteiger partial charge in [-0.05, 0) is 5.22 Å². The minimum Gasteiger partial charge on any atom is -0.310 e. The van der Waals surface area contributed by atoms with Crippen molar-refractivity contribution in [2.45, 2.75) is 0 Å². The first-order chi connectivity index (χ1) is 5.29. The van der Waals surface area contributed by atoms with Crippen LogP contribution in [-0.4, -0.2) is 23.3 Å². The van der Waals surface area contributed by atoms with Gasteiger partial charge in [-0.15, -0.1) is 5.10 Å². The number of carbonyl (C=O) groups is 2. The lowest BCUT2D eigenvalue weighted by atomic mass is 10.2. The second kappa shape index (κ2) is 1.78. The van der Waals surface area contributed by atoms with Crippen LogP contribution in [-0.2, 0) is 14.4 Å². The van der Waals surface area contributed by atoms with Crippen molar-refractivity contribution < 1.29 is 14.4 Å². The molecule has 0 aromatic rings. The third kappa shape index (κ3) is 0.672. The molecule has 0 unspecified atom stereocenters. The van der Waals surface area contributed by atoms with Gasteiger partial charge in [-0.2, -0.15) is 0 Å². The smallest absolute Gasteiger partial charge is 0.310 e. The van der Waals surface area contributed by atoms with Crippen LogP contribution >= 0.6 is 0 Å². The van der Waals surface area contributed by atoms with Gasteiger partial charge in [-0.3, -0.25) is 4.79 Å². The van der Waals surface area contributed by atoms with Crippen molar-refractivity contribution in [2.24, 2.45) is 20.6 Å². The van der Waals surface area contributed by atoms with E-state index in [1.165, 1.54) is 0 Å². The van der Waals surface area contributed by atoms with E-state index < -0.39 is 11.9 Å². The Morgan fingerprint density at radius 2 is 2.00 bits per heavy atom. The van der Waals surface area contributed by atoms with Crippen molar-refractivity contribution in [3.8, 4) is 0 Å². The van der Waals surface area contributed by atoms with E-state index in [1.54, 1.807) is 0 Å². The van der Waals surface area contributed by atoms with Crippen molar-refractivity contribution in [3.05, 3.63) is 0 Å². The Kier molecular flexibility index (Phi) is 0.945. The van der Waals surface area contributed by atoms with Crippen molar-refractivity contribution in [3.63, 3.8) is 0 Å². The van der Waals surface area contributed by atoms with E-state index in [-0.39, 0.29) is 11.4 Å². The highest BCUT2D eigenvalue weighted by Crippen LogP contribution is 2.06. The molecule has 0 saturated heterocycles. The molecule has 2 aliphatic heterocycles. The van der Waals surface area contributed by atoms with E-state index in [0.29, 0.717) is 0 Å². The maximum absolute atomic E-state index is 10.7. The maximum Gasteiger partial charge on any atom is 0.388 e. The number of rotatable bonds is 0. The monoisotopic (exact) mass is 152 g/mol. The highest BCUT2D eigenvalue weighted by atomic mass is 16.7. The van der Waals surface area contributed by atoms with Crippen LogP contribution in [0, 0.1) is 0 Å². The summed E-state index contributed by atoms with van der Waals surface area (Å²) in [6.07, 6.45) is 0. The molecular formula is C4N4O3. The minimum absolute atomic E-state index is 0.176. The molecule has 2 aliphatic rings. The SMILES string of the molecule is O=C1N=NN=C2C(=O)ON=C12. The van der Waals surface area contributed by atoms with Gasteiger partial charge in [0.1, 0.15) is 0 Å². The van der Waals surface area contributed by atoms with Crippen LogP contribution in [0.25, 0.3) is 0 Å². The number of hydrogen-bond donors (Lipinski definition) is 0. The molecule has 11 heavy (non-hydrogen) atoms. The minimum atomic E-state index is -0.771. The van der Waals surface area contributed by atoms with E-state index in [0.717, 1.165) is 0 Å². The molecule has 0 N–H and O–H groups in total. The summed E-state index contributed by atoms with van der Waals surface area (Å²) in [7, 11) is 0. The summed E-state index contributed by atoms with van der Waals surface area (Å²) in [6, 6.07) is 0. The Labute approximate surface area is 59.4 Å². The lowest BCUT2D eigenvalue weighted by Gasteiger charge is -1.92. The quantitative estimate of drug-likeness (QED) is 0.427. The zero-order chi connectivity index (χ0) is 7.84. The molecule has 0 radical (unpaired) electrons. The molecular weight excluding hydrogens is 152 g/mol. The average Bonchev–Trinajstić information content (AvgIpc) is 2.35. The van der Waals surface area contributed by atoms with Crippen molar-refractivity contribution in [1.29, 1.82) is 0 Å². The molecule has 0 aromatic carbocycles. The Morgan fingerprint density at radius 1 is 1.18 bits per heavy atom. The number of nitrogens with zero attached hydrogens (tertiary/aromatic N) is 4. The second-order valence-electron chi connectivity index (χ2n) is 1.76. The average molecular weight is 152 g/mol. The molecule has 54 valence electrons. The zero-order valence-corrected chi connectivity index (χ0v) is 5.01. The van der Waals surface area contributed by atoms with Crippen LogP contribution < -0.4 is 0 Å². The maximum atomic E-state index is 10.7. The Bertz CT molecular complexity index is 339. The molecule has 0 atom stereocenters. The number of amides is 1. The van der Waals surface area contributed by atoms with E-state index >= 15 is 0 Å². The van der Waals surface area contributed by atoms with E-state index in [1.807, 2.05) is 0 Å². The largest absolute Gasteiger partial charge is 0.388 e. The first-order valence-corrected chi connectivity index (χ1v) is 2.62. The Balaban J connectivity index is 2.54. The molecule has 0 aromatic heterocycles. The number of fused-ring (bicyclic) bond motifs is 1. The highest BCUT2D eigenvalue weighted by Gasteiger charge is 2.35. The standard InChI is InChI=1S/C4N4O3/c9-3-1-2(5-8-6-3)4(10)11-7-1. The van der Waals surface area contributed by atoms with Gasteiger partial charge in [0.2, 0.25) is 11.4 Å². The Morgan fingerprint density at radius 3 is 2.73 bits per heavy atom. The first kappa shape index (κ1) is 5.83. The van der Waals surface area contributed by atoms with Crippen LogP contribution in [0.2, 0.25) is 0 Å². The fraction of sp³-hybridized carbons (Fsp3) is 0. The lowest BCUT2D eigenvalue weighted by molar-refractivity contribution is -0.134. The summed E-state index contributed by atoms with van der Waals surface area (Å²) in [5, 5.41) is 12.5. The molecule has 0 aliphatic carbocycles. The van der Waals surface area contributed by atoms with Gasteiger partial charge in [0.25, 0.3) is 0 Å². The topological polar surface area (TPSA) is 92.8 Å². The van der Waals surface area contributed by atoms with E-state index in [2.05, 4.69) is 25.4 Å². The van der Waals surface area contributed by atoms with Gasteiger partial charge >= 0.3 is 11.9 Å². The summed E-state index contributed by atoms with van der Waals surface area (Å²) in [5.74, 6) is -1.48. The van der Waals surface area contributed by atoms with E-state index in [9.17, 15) is 9.59 Å². The van der Waals surface area contributed by atoms with Crippen molar-refractivity contribution >= 4 is 23.3 Å². The summed E-state index contributed by atoms with van der Waals surface area (Å²) in [4.78, 5) is 25.5. The first-order valence-electron chi connectivity index (χ1n) is 2.62. The van der Waals surface area contributed by atoms with Crippen LogP contribution in [0.1, 0.15) is 0 Å². The van der Waals surface area contributed by atoms with Crippen LogP contribution in [0.15, 0.2) is 20.6 Å². The van der Waals surface area contributed by atoms with Crippen LogP contribution in [0.4, 0.5) is 0 Å². The highest BCUT2D eigenvalue weighted by molar-refractivity contribution is 6.81. The second-order valence-corrected chi connectivity index (χ2v) is 1.76. The van der Waals surface area contributed by atoms with Crippen molar-refractivity contribution in [2.75, 3.05) is 0 Å². The van der Waals surface area contributed by atoms with Crippen molar-refractivity contribution in [1.82, 2.24) is 0 Å². The number of carbonyl (C=O) groups excluding carboxylic acids is 2. The van der Waals surface area contributed by atoms with Gasteiger partial charge < -0.3 is 4.84 Å². The van der Waals surface area contributed by atoms with Gasteiger partial charge in [0, 0.05) is 0 Å². The molecule has 0 spiro atoms. The predicted octanol–water partition coefficient (Wildman–Crippen LogP) is -0.752. The molecule has 0 saturated carbocycles. The Hall–Kier alpha value is -1.92. The fourth-order valence-corrected chi connectivity index (χ4v) is 0.654.